The molecule has 1 fully saturated rings. The van der Waals surface area contributed by atoms with Crippen molar-refractivity contribution in [1.29, 1.82) is 0 Å². The first kappa shape index (κ1) is 13.3. The molecule has 0 bridgehead atoms. The van der Waals surface area contributed by atoms with Crippen LogP contribution in [-0.2, 0) is 4.74 Å². The predicted octanol–water partition coefficient (Wildman–Crippen LogP) is 2.79. The highest BCUT2D eigenvalue weighted by molar-refractivity contribution is 6.30. The van der Waals surface area contributed by atoms with E-state index >= 15 is 0 Å². The molecule has 2 aromatic heterocycles. The van der Waals surface area contributed by atoms with Gasteiger partial charge in [0.1, 0.15) is 0 Å². The molecule has 2 aromatic rings. The van der Waals surface area contributed by atoms with E-state index in [0.717, 1.165) is 12.0 Å². The highest BCUT2D eigenvalue weighted by Crippen LogP contribution is 2.34. The van der Waals surface area contributed by atoms with Crippen molar-refractivity contribution in [2.24, 2.45) is 5.92 Å². The van der Waals surface area contributed by atoms with Gasteiger partial charge in [-0.1, -0.05) is 11.6 Å². The van der Waals surface area contributed by atoms with Crippen LogP contribution in [0, 0.1) is 11.7 Å². The van der Waals surface area contributed by atoms with E-state index < -0.39 is 5.82 Å². The van der Waals surface area contributed by atoms with E-state index in [1.165, 1.54) is 12.3 Å². The van der Waals surface area contributed by atoms with Crippen LogP contribution in [0.5, 0.6) is 0 Å². The third-order valence-corrected chi connectivity index (χ3v) is 3.61. The summed E-state index contributed by atoms with van der Waals surface area (Å²) in [5.41, 5.74) is 1.01. The van der Waals surface area contributed by atoms with E-state index in [0.29, 0.717) is 13.2 Å². The number of rotatable bonds is 4. The Bertz CT molecular complexity index is 578. The lowest BCUT2D eigenvalue weighted by atomic mass is 9.97. The van der Waals surface area contributed by atoms with Crippen LogP contribution in [0.15, 0.2) is 24.7 Å². The first-order valence-electron chi connectivity index (χ1n) is 6.39. The third kappa shape index (κ3) is 2.76. The summed E-state index contributed by atoms with van der Waals surface area (Å²) >= 11 is 5.67. The summed E-state index contributed by atoms with van der Waals surface area (Å²) in [7, 11) is 0. The number of H-pyrrole nitrogens is 1. The smallest absolute Gasteiger partial charge is 0.166 e. The van der Waals surface area contributed by atoms with Crippen LogP contribution in [0.2, 0.25) is 5.02 Å². The van der Waals surface area contributed by atoms with Crippen molar-refractivity contribution in [3.63, 3.8) is 0 Å². The molecule has 3 rings (SSSR count). The second kappa shape index (κ2) is 5.76. The van der Waals surface area contributed by atoms with E-state index in [4.69, 9.17) is 16.3 Å². The number of nitrogens with one attached hydrogen (secondary N) is 2. The molecule has 2 atom stereocenters. The minimum Gasteiger partial charge on any atom is -0.373 e. The van der Waals surface area contributed by atoms with Gasteiger partial charge in [0.25, 0.3) is 0 Å². The molecule has 0 aliphatic carbocycles. The van der Waals surface area contributed by atoms with Crippen LogP contribution in [0.1, 0.15) is 18.1 Å². The number of aromatic nitrogens is 3. The molecule has 7 heteroatoms. The third-order valence-electron chi connectivity index (χ3n) is 3.40. The quantitative estimate of drug-likeness (QED) is 0.911. The van der Waals surface area contributed by atoms with E-state index in [2.05, 4.69) is 20.5 Å². The molecule has 20 heavy (non-hydrogen) atoms. The standard InChI is InChI=1S/C13H14ClFN4O/c14-10-3-11(15)13(17-7-10)16-4-8-1-2-20-12(8)9-5-18-19-6-9/h3,5-8,12H,1-2,4H2,(H,16,17)(H,18,19)/t8-,12+/m1/s1. The summed E-state index contributed by atoms with van der Waals surface area (Å²) in [5, 5.41) is 10.0. The van der Waals surface area contributed by atoms with E-state index in [1.54, 1.807) is 6.20 Å². The first-order chi connectivity index (χ1) is 9.74. The van der Waals surface area contributed by atoms with Crippen molar-refractivity contribution in [3.05, 3.63) is 41.1 Å². The molecule has 106 valence electrons. The Hall–Kier alpha value is -1.66. The molecular weight excluding hydrogens is 283 g/mol. The Morgan fingerprint density at radius 1 is 1.50 bits per heavy atom. The lowest BCUT2D eigenvalue weighted by Gasteiger charge is -2.18. The Morgan fingerprint density at radius 2 is 2.40 bits per heavy atom. The molecule has 0 saturated carbocycles. The summed E-state index contributed by atoms with van der Waals surface area (Å²) in [6.45, 7) is 1.28. The zero-order valence-corrected chi connectivity index (χ0v) is 11.4. The lowest BCUT2D eigenvalue weighted by Crippen LogP contribution is -2.18. The maximum absolute atomic E-state index is 13.6. The van der Waals surface area contributed by atoms with Crippen LogP contribution >= 0.6 is 11.6 Å². The molecule has 0 radical (unpaired) electrons. The number of anilines is 1. The largest absolute Gasteiger partial charge is 0.373 e. The highest BCUT2D eigenvalue weighted by atomic mass is 35.5. The van der Waals surface area contributed by atoms with Crippen LogP contribution in [0.25, 0.3) is 0 Å². The minimum absolute atomic E-state index is 0.0170. The van der Waals surface area contributed by atoms with Crippen molar-refractivity contribution in [3.8, 4) is 0 Å². The van der Waals surface area contributed by atoms with Gasteiger partial charge in [0.2, 0.25) is 0 Å². The maximum atomic E-state index is 13.6. The Balaban J connectivity index is 1.65. The molecule has 2 N–H and O–H groups in total. The Morgan fingerprint density at radius 3 is 3.15 bits per heavy atom. The van der Waals surface area contributed by atoms with Crippen LogP contribution < -0.4 is 5.32 Å². The minimum atomic E-state index is -0.448. The fourth-order valence-corrected chi connectivity index (χ4v) is 2.54. The summed E-state index contributed by atoms with van der Waals surface area (Å²) in [6, 6.07) is 1.25. The van der Waals surface area contributed by atoms with E-state index in [-0.39, 0.29) is 22.9 Å². The second-order valence-electron chi connectivity index (χ2n) is 4.74. The number of halogens is 2. The van der Waals surface area contributed by atoms with E-state index in [1.807, 2.05) is 6.20 Å². The Kier molecular flexibility index (Phi) is 3.84. The summed E-state index contributed by atoms with van der Waals surface area (Å²) in [5.74, 6) is 0.0213. The molecular formula is C13H14ClFN4O. The van der Waals surface area contributed by atoms with Crippen LogP contribution in [0.4, 0.5) is 10.2 Å². The summed E-state index contributed by atoms with van der Waals surface area (Å²) in [6.07, 6.45) is 5.90. The SMILES string of the molecule is Fc1cc(Cl)cnc1NC[C@H]1CCO[C@@H]1c1cn[nH]c1. The number of aromatic amines is 1. The van der Waals surface area contributed by atoms with Gasteiger partial charge in [-0.25, -0.2) is 9.37 Å². The number of hydrogen-bond acceptors (Lipinski definition) is 4. The van der Waals surface area contributed by atoms with Gasteiger partial charge in [0.05, 0.1) is 17.3 Å². The van der Waals surface area contributed by atoms with Gasteiger partial charge in [-0.05, 0) is 12.5 Å². The average molecular weight is 297 g/mol. The molecule has 1 saturated heterocycles. The van der Waals surface area contributed by atoms with Gasteiger partial charge < -0.3 is 10.1 Å². The maximum Gasteiger partial charge on any atom is 0.166 e. The van der Waals surface area contributed by atoms with Gasteiger partial charge in [-0.2, -0.15) is 5.10 Å². The monoisotopic (exact) mass is 296 g/mol. The summed E-state index contributed by atoms with van der Waals surface area (Å²) < 4.78 is 19.4. The van der Waals surface area contributed by atoms with Crippen molar-refractivity contribution in [2.45, 2.75) is 12.5 Å². The van der Waals surface area contributed by atoms with Crippen molar-refractivity contribution < 1.29 is 9.13 Å². The van der Waals surface area contributed by atoms with Crippen molar-refractivity contribution >= 4 is 17.4 Å². The first-order valence-corrected chi connectivity index (χ1v) is 6.77. The van der Waals surface area contributed by atoms with Gasteiger partial charge in [-0.3, -0.25) is 5.10 Å². The van der Waals surface area contributed by atoms with Crippen LogP contribution in [0.3, 0.4) is 0 Å². The summed E-state index contributed by atoms with van der Waals surface area (Å²) in [4.78, 5) is 3.95. The number of hydrogen-bond donors (Lipinski definition) is 2. The molecule has 1 aliphatic rings. The van der Waals surface area contributed by atoms with E-state index in [9.17, 15) is 4.39 Å². The van der Waals surface area contributed by atoms with Crippen molar-refractivity contribution in [1.82, 2.24) is 15.2 Å². The predicted molar refractivity (Wildman–Crippen MR) is 73.1 cm³/mol. The number of pyridine rings is 1. The fourth-order valence-electron chi connectivity index (χ4n) is 2.40. The zero-order valence-electron chi connectivity index (χ0n) is 10.6. The topological polar surface area (TPSA) is 62.8 Å². The molecule has 0 unspecified atom stereocenters. The fraction of sp³-hybridized carbons (Fsp3) is 0.385. The number of ether oxygens (including phenoxy) is 1. The average Bonchev–Trinajstić information content (AvgIpc) is 3.08. The van der Waals surface area contributed by atoms with Crippen LogP contribution in [-0.4, -0.2) is 28.3 Å². The number of nitrogens with zero attached hydrogens (tertiary/aromatic N) is 2. The molecule has 5 nitrogen and oxygen atoms in total. The molecule has 3 heterocycles. The molecule has 0 spiro atoms. The van der Waals surface area contributed by atoms with Crippen molar-refractivity contribution in [2.75, 3.05) is 18.5 Å². The normalized spacial score (nSPS) is 22.1. The Labute approximate surface area is 120 Å². The second-order valence-corrected chi connectivity index (χ2v) is 5.17. The molecule has 0 amide bonds. The van der Waals surface area contributed by atoms with Gasteiger partial charge in [0, 0.05) is 37.0 Å². The molecule has 1 aliphatic heterocycles. The van der Waals surface area contributed by atoms with Gasteiger partial charge in [-0.15, -0.1) is 0 Å². The molecule has 0 aromatic carbocycles. The zero-order chi connectivity index (χ0) is 13.9. The lowest BCUT2D eigenvalue weighted by molar-refractivity contribution is 0.0933. The van der Waals surface area contributed by atoms with Gasteiger partial charge in [0.15, 0.2) is 11.6 Å². The van der Waals surface area contributed by atoms with Gasteiger partial charge >= 0.3 is 0 Å². The highest BCUT2D eigenvalue weighted by Gasteiger charge is 2.30.